The Labute approximate surface area is 281 Å². The van der Waals surface area contributed by atoms with Crippen LogP contribution < -0.4 is 9.44 Å². The SMILES string of the molecule is CC(C)(C)[S@](=O)N[C@@H]([C@H](CC1CCCCC1)C(=O)O)C(F)(F)F.CCCCCCC[C@H](C(=O)OC)[C@H](N[S@@](=O)C(C)(C)C)C(F)(F)F. The van der Waals surface area contributed by atoms with Gasteiger partial charge >= 0.3 is 24.3 Å². The van der Waals surface area contributed by atoms with Crippen molar-refractivity contribution in [3.05, 3.63) is 0 Å². The largest absolute Gasteiger partial charge is 0.481 e. The normalized spacial score (nSPS) is 19.0. The van der Waals surface area contributed by atoms with Crippen molar-refractivity contribution in [1.82, 2.24) is 9.44 Å². The number of unbranched alkanes of at least 4 members (excludes halogenated alkanes) is 4. The Morgan fingerprint density at radius 1 is 0.766 bits per heavy atom. The third-order valence-corrected chi connectivity index (χ3v) is 11.0. The Balaban J connectivity index is 0.000000901. The zero-order chi connectivity index (χ0) is 36.8. The van der Waals surface area contributed by atoms with Crippen LogP contribution >= 0.6 is 0 Å². The van der Waals surface area contributed by atoms with Gasteiger partial charge in [0.15, 0.2) is 0 Å². The van der Waals surface area contributed by atoms with Gasteiger partial charge in [-0.05, 0) is 60.3 Å². The number of halogens is 6. The van der Waals surface area contributed by atoms with Gasteiger partial charge in [0.25, 0.3) is 0 Å². The molecule has 8 nitrogen and oxygen atoms in total. The summed E-state index contributed by atoms with van der Waals surface area (Å²) in [5, 5.41) is 9.31. The summed E-state index contributed by atoms with van der Waals surface area (Å²) in [5.41, 5.74) is 0. The Hall–Kier alpha value is -1.26. The van der Waals surface area contributed by atoms with Gasteiger partial charge in [-0.25, -0.2) is 17.9 Å². The molecule has 47 heavy (non-hydrogen) atoms. The quantitative estimate of drug-likeness (QED) is 0.0849. The zero-order valence-corrected chi connectivity index (χ0v) is 30.6. The molecule has 0 aromatic rings. The topological polar surface area (TPSA) is 122 Å². The van der Waals surface area contributed by atoms with E-state index >= 15 is 0 Å². The number of ether oxygens (including phenoxy) is 1. The average Bonchev–Trinajstić information content (AvgIpc) is 2.93. The number of carboxylic acids is 1. The molecule has 3 N–H and O–H groups in total. The molecule has 0 spiro atoms. The molecular formula is C31H56F6N2O6S2. The number of hydrogen-bond acceptors (Lipinski definition) is 5. The van der Waals surface area contributed by atoms with Crippen LogP contribution in [-0.2, 0) is 36.3 Å². The second kappa shape index (κ2) is 20.4. The Morgan fingerprint density at radius 3 is 1.55 bits per heavy atom. The van der Waals surface area contributed by atoms with E-state index in [2.05, 4.69) is 9.46 Å². The monoisotopic (exact) mass is 730 g/mol. The van der Waals surface area contributed by atoms with Gasteiger partial charge in [0.2, 0.25) is 0 Å². The molecule has 1 saturated carbocycles. The minimum absolute atomic E-state index is 0.0143. The van der Waals surface area contributed by atoms with Crippen molar-refractivity contribution in [2.75, 3.05) is 7.11 Å². The molecule has 1 fully saturated rings. The van der Waals surface area contributed by atoms with Gasteiger partial charge in [-0.15, -0.1) is 0 Å². The predicted octanol–water partition coefficient (Wildman–Crippen LogP) is 7.76. The van der Waals surface area contributed by atoms with Gasteiger partial charge in [-0.1, -0.05) is 71.1 Å². The maximum absolute atomic E-state index is 13.4. The number of aliphatic carboxylic acids is 1. The molecule has 1 rings (SSSR count). The summed E-state index contributed by atoms with van der Waals surface area (Å²) in [6.45, 7) is 11.4. The first-order valence-corrected chi connectivity index (χ1v) is 18.5. The third kappa shape index (κ3) is 17.8. The van der Waals surface area contributed by atoms with Crippen molar-refractivity contribution in [1.29, 1.82) is 0 Å². The van der Waals surface area contributed by atoms with Gasteiger partial charge in [0.1, 0.15) is 12.1 Å². The molecule has 0 aliphatic heterocycles. The summed E-state index contributed by atoms with van der Waals surface area (Å²) in [6.07, 6.45) is -0.812. The van der Waals surface area contributed by atoms with Gasteiger partial charge in [-0.2, -0.15) is 26.3 Å². The van der Waals surface area contributed by atoms with E-state index in [9.17, 15) is 49.5 Å². The van der Waals surface area contributed by atoms with Crippen LogP contribution in [0.25, 0.3) is 0 Å². The lowest BCUT2D eigenvalue weighted by atomic mass is 9.80. The van der Waals surface area contributed by atoms with Crippen LogP contribution in [-0.4, -0.2) is 66.5 Å². The number of carbonyl (C=O) groups is 2. The van der Waals surface area contributed by atoms with Crippen molar-refractivity contribution in [3.8, 4) is 0 Å². The zero-order valence-electron chi connectivity index (χ0n) is 28.9. The average molecular weight is 731 g/mol. The van der Waals surface area contributed by atoms with E-state index in [0.717, 1.165) is 64.9 Å². The molecule has 0 radical (unpaired) electrons. The summed E-state index contributed by atoms with van der Waals surface area (Å²) >= 11 is 0. The van der Waals surface area contributed by atoms with E-state index < -0.39 is 79.7 Å². The molecule has 0 saturated heterocycles. The number of carboxylic acid groups (broad SMARTS) is 1. The van der Waals surface area contributed by atoms with Crippen molar-refractivity contribution >= 4 is 33.9 Å². The highest BCUT2D eigenvalue weighted by molar-refractivity contribution is 7.84. The van der Waals surface area contributed by atoms with Crippen LogP contribution in [0.15, 0.2) is 0 Å². The second-order valence-electron chi connectivity index (χ2n) is 14.1. The molecular weight excluding hydrogens is 674 g/mol. The summed E-state index contributed by atoms with van der Waals surface area (Å²) in [4.78, 5) is 23.3. The molecule has 16 heteroatoms. The second-order valence-corrected chi connectivity index (χ2v) is 18.0. The molecule has 0 unspecified atom stereocenters. The number of rotatable bonds is 16. The number of nitrogens with one attached hydrogen (secondary N) is 2. The van der Waals surface area contributed by atoms with Crippen LogP contribution in [0.5, 0.6) is 0 Å². The fourth-order valence-electron chi connectivity index (χ4n) is 5.04. The molecule has 1 aliphatic carbocycles. The summed E-state index contributed by atoms with van der Waals surface area (Å²) in [5.74, 6) is -5.45. The Kier molecular flexibility index (Phi) is 19.9. The molecule has 1 aliphatic rings. The van der Waals surface area contributed by atoms with E-state index in [1.54, 1.807) is 41.5 Å². The Morgan fingerprint density at radius 2 is 1.19 bits per heavy atom. The molecule has 0 amide bonds. The predicted molar refractivity (Wildman–Crippen MR) is 173 cm³/mol. The molecule has 0 aromatic carbocycles. The van der Waals surface area contributed by atoms with Gasteiger partial charge in [0.05, 0.1) is 50.4 Å². The van der Waals surface area contributed by atoms with Gasteiger partial charge in [-0.3, -0.25) is 9.59 Å². The Bertz CT molecular complexity index is 993. The lowest BCUT2D eigenvalue weighted by molar-refractivity contribution is -0.178. The molecule has 6 atom stereocenters. The van der Waals surface area contributed by atoms with Crippen molar-refractivity contribution in [3.63, 3.8) is 0 Å². The summed E-state index contributed by atoms with van der Waals surface area (Å²) < 4.78 is 112. The number of alkyl halides is 6. The summed E-state index contributed by atoms with van der Waals surface area (Å²) in [7, 11) is -2.86. The number of hydrogen-bond donors (Lipinski definition) is 3. The maximum Gasteiger partial charge on any atom is 0.405 e. The molecule has 0 heterocycles. The standard InChI is InChI=1S/C16H30F3NO3S.C15H26F3NO3S/c1-6-7-8-9-10-11-12(14(21)23-5)13(16(17,18)19)20-24(22)15(2,3)4;1-14(2,3)23(22)19-12(15(16,17)18)11(13(20)21)9-10-7-5-4-6-8-10/h12-13,20H,6-11H2,1-5H3;10-12,19H,4-9H2,1-3H3,(H,20,21)/t12-,13-,24-;11-,12-,23-/m00/s1. The summed E-state index contributed by atoms with van der Waals surface area (Å²) in [6, 6.07) is -4.49. The number of carbonyl (C=O) groups excluding carboxylic acids is 1. The smallest absolute Gasteiger partial charge is 0.405 e. The van der Waals surface area contributed by atoms with Crippen LogP contribution in [0.4, 0.5) is 26.3 Å². The van der Waals surface area contributed by atoms with E-state index in [1.807, 2.05) is 11.6 Å². The maximum atomic E-state index is 13.4. The van der Waals surface area contributed by atoms with Gasteiger partial charge in [0, 0.05) is 0 Å². The number of esters is 1. The van der Waals surface area contributed by atoms with Crippen molar-refractivity contribution in [2.45, 2.75) is 159 Å². The van der Waals surface area contributed by atoms with Crippen molar-refractivity contribution in [2.24, 2.45) is 17.8 Å². The fourth-order valence-corrected chi connectivity index (χ4v) is 6.80. The highest BCUT2D eigenvalue weighted by Crippen LogP contribution is 2.35. The van der Waals surface area contributed by atoms with Crippen LogP contribution in [0.1, 0.15) is 126 Å². The highest BCUT2D eigenvalue weighted by Gasteiger charge is 2.50. The minimum atomic E-state index is -4.77. The molecule has 0 bridgehead atoms. The molecule has 280 valence electrons. The highest BCUT2D eigenvalue weighted by atomic mass is 32.2. The third-order valence-electron chi connectivity index (χ3n) is 7.84. The van der Waals surface area contributed by atoms with E-state index in [0.29, 0.717) is 6.42 Å². The molecule has 0 aromatic heterocycles. The van der Waals surface area contributed by atoms with Crippen LogP contribution in [0, 0.1) is 17.8 Å². The van der Waals surface area contributed by atoms with E-state index in [4.69, 9.17) is 0 Å². The fraction of sp³-hybridized carbons (Fsp3) is 0.935. The first-order chi connectivity index (χ1) is 21.4. The first kappa shape index (κ1) is 45.7. The first-order valence-electron chi connectivity index (χ1n) is 16.2. The lowest BCUT2D eigenvalue weighted by Crippen LogP contribution is -2.53. The van der Waals surface area contributed by atoms with E-state index in [1.165, 1.54) is 0 Å². The number of methoxy groups -OCH3 is 1. The van der Waals surface area contributed by atoms with E-state index in [-0.39, 0.29) is 18.8 Å². The lowest BCUT2D eigenvalue weighted by Gasteiger charge is -2.32. The van der Waals surface area contributed by atoms with Crippen LogP contribution in [0.2, 0.25) is 0 Å². The minimum Gasteiger partial charge on any atom is -0.481 e. The van der Waals surface area contributed by atoms with Gasteiger partial charge < -0.3 is 9.84 Å². The van der Waals surface area contributed by atoms with Crippen LogP contribution in [0.3, 0.4) is 0 Å². The van der Waals surface area contributed by atoms with Crippen molar-refractivity contribution < 1.29 is 54.2 Å².